The van der Waals surface area contributed by atoms with Gasteiger partial charge < -0.3 is 24.6 Å². The van der Waals surface area contributed by atoms with Crippen LogP contribution in [0.4, 0.5) is 0 Å². The van der Waals surface area contributed by atoms with Gasteiger partial charge in [-0.15, -0.1) is 0 Å². The third-order valence-corrected chi connectivity index (χ3v) is 4.06. The lowest BCUT2D eigenvalue weighted by Crippen LogP contribution is -2.40. The lowest BCUT2D eigenvalue weighted by molar-refractivity contribution is 0.0449. The zero-order valence-corrected chi connectivity index (χ0v) is 13.3. The summed E-state index contributed by atoms with van der Waals surface area (Å²) in [6.07, 6.45) is 3.42. The number of benzene rings is 1. The number of hydrogen-bond donors (Lipinski definition) is 2. The Bertz CT molecular complexity index is 538. The van der Waals surface area contributed by atoms with Crippen molar-refractivity contribution in [3.05, 3.63) is 17.7 Å². The SMILES string of the molecule is COc1ccc(C(=O)NCC2(O)CCCC2)c(OC)c1OC. The molecule has 1 aliphatic rings. The topological polar surface area (TPSA) is 77.0 Å². The lowest BCUT2D eigenvalue weighted by atomic mass is 10.0. The van der Waals surface area contributed by atoms with Crippen molar-refractivity contribution in [3.63, 3.8) is 0 Å². The van der Waals surface area contributed by atoms with Crippen molar-refractivity contribution in [1.29, 1.82) is 0 Å². The normalized spacial score (nSPS) is 16.2. The van der Waals surface area contributed by atoms with Crippen molar-refractivity contribution in [2.24, 2.45) is 0 Å². The summed E-state index contributed by atoms with van der Waals surface area (Å²) in [5.41, 5.74) is -0.443. The van der Waals surface area contributed by atoms with E-state index in [9.17, 15) is 9.90 Å². The summed E-state index contributed by atoms with van der Waals surface area (Å²) in [4.78, 5) is 12.4. The molecule has 1 aromatic rings. The number of carbonyl (C=O) groups is 1. The van der Waals surface area contributed by atoms with Crippen LogP contribution in [-0.2, 0) is 0 Å². The molecule has 0 bridgehead atoms. The number of nitrogens with one attached hydrogen (secondary N) is 1. The van der Waals surface area contributed by atoms with Crippen LogP contribution in [0.3, 0.4) is 0 Å². The van der Waals surface area contributed by atoms with E-state index in [0.29, 0.717) is 22.8 Å². The standard InChI is InChI=1S/C16H23NO5/c1-20-12-7-6-11(13(21-2)14(12)22-3)15(18)17-10-16(19)8-4-5-9-16/h6-7,19H,4-5,8-10H2,1-3H3,(H,17,18). The van der Waals surface area contributed by atoms with E-state index in [1.165, 1.54) is 21.3 Å². The second kappa shape index (κ2) is 6.87. The van der Waals surface area contributed by atoms with Crippen LogP contribution in [0.1, 0.15) is 36.0 Å². The first-order valence-corrected chi connectivity index (χ1v) is 7.34. The molecule has 1 aliphatic carbocycles. The van der Waals surface area contributed by atoms with Crippen LogP contribution in [-0.4, -0.2) is 44.5 Å². The third-order valence-electron chi connectivity index (χ3n) is 4.06. The van der Waals surface area contributed by atoms with Gasteiger partial charge in [-0.1, -0.05) is 12.8 Å². The highest BCUT2D eigenvalue weighted by molar-refractivity contribution is 5.98. The first-order valence-electron chi connectivity index (χ1n) is 7.34. The molecule has 0 saturated heterocycles. The van der Waals surface area contributed by atoms with Gasteiger partial charge in [0, 0.05) is 6.54 Å². The van der Waals surface area contributed by atoms with Gasteiger partial charge >= 0.3 is 0 Å². The fourth-order valence-corrected chi connectivity index (χ4v) is 2.83. The first-order chi connectivity index (χ1) is 10.5. The lowest BCUT2D eigenvalue weighted by Gasteiger charge is -2.23. The van der Waals surface area contributed by atoms with E-state index < -0.39 is 5.60 Å². The summed E-state index contributed by atoms with van der Waals surface area (Å²) in [6.45, 7) is 0.239. The van der Waals surface area contributed by atoms with Gasteiger partial charge in [0.15, 0.2) is 11.5 Å². The number of ether oxygens (including phenoxy) is 3. The summed E-state index contributed by atoms with van der Waals surface area (Å²) in [7, 11) is 4.48. The van der Waals surface area contributed by atoms with Crippen LogP contribution < -0.4 is 19.5 Å². The predicted octanol–water partition coefficient (Wildman–Crippen LogP) is 1.75. The molecule has 0 spiro atoms. The van der Waals surface area contributed by atoms with Gasteiger partial charge in [0.1, 0.15) is 0 Å². The Labute approximate surface area is 130 Å². The Morgan fingerprint density at radius 3 is 2.32 bits per heavy atom. The zero-order valence-electron chi connectivity index (χ0n) is 13.3. The van der Waals surface area contributed by atoms with Gasteiger partial charge in [0.2, 0.25) is 5.75 Å². The quantitative estimate of drug-likeness (QED) is 0.837. The van der Waals surface area contributed by atoms with Gasteiger partial charge in [-0.2, -0.15) is 0 Å². The zero-order chi connectivity index (χ0) is 16.2. The fraction of sp³-hybridized carbons (Fsp3) is 0.562. The van der Waals surface area contributed by atoms with Crippen molar-refractivity contribution >= 4 is 5.91 Å². The van der Waals surface area contributed by atoms with Gasteiger partial charge in [0.05, 0.1) is 32.5 Å². The molecular formula is C16H23NO5. The van der Waals surface area contributed by atoms with Crippen molar-refractivity contribution in [2.75, 3.05) is 27.9 Å². The third kappa shape index (κ3) is 3.27. The monoisotopic (exact) mass is 309 g/mol. The smallest absolute Gasteiger partial charge is 0.255 e. The second-order valence-corrected chi connectivity index (χ2v) is 5.50. The van der Waals surface area contributed by atoms with Gasteiger partial charge in [-0.3, -0.25) is 4.79 Å². The summed E-state index contributed by atoms with van der Waals surface area (Å²) in [6, 6.07) is 3.27. The maximum atomic E-state index is 12.4. The van der Waals surface area contributed by atoms with Gasteiger partial charge in [0.25, 0.3) is 5.91 Å². The van der Waals surface area contributed by atoms with Crippen LogP contribution in [0.2, 0.25) is 0 Å². The van der Waals surface area contributed by atoms with E-state index in [1.54, 1.807) is 12.1 Å². The molecule has 22 heavy (non-hydrogen) atoms. The number of amides is 1. The Balaban J connectivity index is 2.18. The Kier molecular flexibility index (Phi) is 5.13. The van der Waals surface area contributed by atoms with E-state index in [1.807, 2.05) is 0 Å². The van der Waals surface area contributed by atoms with Crippen LogP contribution >= 0.6 is 0 Å². The number of carbonyl (C=O) groups excluding carboxylic acids is 1. The number of aliphatic hydroxyl groups is 1. The largest absolute Gasteiger partial charge is 0.493 e. The van der Waals surface area contributed by atoms with Gasteiger partial charge in [-0.05, 0) is 25.0 Å². The number of hydrogen-bond acceptors (Lipinski definition) is 5. The van der Waals surface area contributed by atoms with Crippen molar-refractivity contribution in [3.8, 4) is 17.2 Å². The highest BCUT2D eigenvalue weighted by Gasteiger charge is 2.32. The van der Waals surface area contributed by atoms with Crippen molar-refractivity contribution in [2.45, 2.75) is 31.3 Å². The Morgan fingerprint density at radius 2 is 1.77 bits per heavy atom. The molecule has 1 fully saturated rings. The Hall–Kier alpha value is -1.95. The molecule has 0 atom stereocenters. The summed E-state index contributed by atoms with van der Waals surface area (Å²) < 4.78 is 15.8. The summed E-state index contributed by atoms with van der Waals surface area (Å²) >= 11 is 0. The number of methoxy groups -OCH3 is 3. The maximum Gasteiger partial charge on any atom is 0.255 e. The molecule has 6 heteroatoms. The minimum atomic E-state index is -0.792. The minimum Gasteiger partial charge on any atom is -0.493 e. The van der Waals surface area contributed by atoms with E-state index in [-0.39, 0.29) is 12.5 Å². The fourth-order valence-electron chi connectivity index (χ4n) is 2.83. The van der Waals surface area contributed by atoms with Crippen LogP contribution in [0.15, 0.2) is 12.1 Å². The minimum absolute atomic E-state index is 0.239. The van der Waals surface area contributed by atoms with Crippen molar-refractivity contribution in [1.82, 2.24) is 5.32 Å². The van der Waals surface area contributed by atoms with E-state index in [2.05, 4.69) is 5.32 Å². The second-order valence-electron chi connectivity index (χ2n) is 5.50. The predicted molar refractivity (Wildman–Crippen MR) is 81.8 cm³/mol. The van der Waals surface area contributed by atoms with Crippen LogP contribution in [0, 0.1) is 0 Å². The first kappa shape index (κ1) is 16.4. The van der Waals surface area contributed by atoms with Crippen LogP contribution in [0.25, 0.3) is 0 Å². The molecule has 6 nitrogen and oxygen atoms in total. The highest BCUT2D eigenvalue weighted by atomic mass is 16.5. The average molecular weight is 309 g/mol. The molecule has 2 N–H and O–H groups in total. The number of rotatable bonds is 6. The Morgan fingerprint density at radius 1 is 1.14 bits per heavy atom. The molecule has 1 aromatic carbocycles. The average Bonchev–Trinajstić information content (AvgIpc) is 2.98. The van der Waals surface area contributed by atoms with Gasteiger partial charge in [-0.25, -0.2) is 0 Å². The maximum absolute atomic E-state index is 12.4. The van der Waals surface area contributed by atoms with Crippen LogP contribution in [0.5, 0.6) is 17.2 Å². The summed E-state index contributed by atoms with van der Waals surface area (Å²) in [5.74, 6) is 0.874. The molecule has 0 aliphatic heterocycles. The van der Waals surface area contributed by atoms with E-state index in [4.69, 9.17) is 14.2 Å². The van der Waals surface area contributed by atoms with E-state index >= 15 is 0 Å². The molecule has 0 unspecified atom stereocenters. The van der Waals surface area contributed by atoms with Crippen molar-refractivity contribution < 1.29 is 24.1 Å². The molecule has 2 rings (SSSR count). The summed E-state index contributed by atoms with van der Waals surface area (Å²) in [5, 5.41) is 13.1. The molecule has 1 amide bonds. The molecule has 0 heterocycles. The molecule has 0 aromatic heterocycles. The highest BCUT2D eigenvalue weighted by Crippen LogP contribution is 2.39. The van der Waals surface area contributed by atoms with E-state index in [0.717, 1.165) is 25.7 Å². The molecular weight excluding hydrogens is 286 g/mol. The molecule has 122 valence electrons. The molecule has 0 radical (unpaired) electrons. The molecule has 1 saturated carbocycles.